The van der Waals surface area contributed by atoms with Crippen LogP contribution in [-0.4, -0.2) is 23.0 Å². The van der Waals surface area contributed by atoms with E-state index in [1.807, 2.05) is 24.3 Å². The number of nitrogens with zero attached hydrogens (tertiary/aromatic N) is 2. The first kappa shape index (κ1) is 14.5. The summed E-state index contributed by atoms with van der Waals surface area (Å²) < 4.78 is 6.77. The van der Waals surface area contributed by atoms with Gasteiger partial charge in [0.1, 0.15) is 5.75 Å². The predicted octanol–water partition coefficient (Wildman–Crippen LogP) is 4.62. The van der Waals surface area contributed by atoms with Crippen LogP contribution in [0.1, 0.15) is 24.8 Å². The van der Waals surface area contributed by atoms with E-state index in [0.717, 1.165) is 16.8 Å². The van der Waals surface area contributed by atoms with E-state index in [2.05, 4.69) is 37.9 Å². The van der Waals surface area contributed by atoms with E-state index < -0.39 is 0 Å². The number of piperidine rings is 1. The summed E-state index contributed by atoms with van der Waals surface area (Å²) in [6.45, 7) is 3.42. The Morgan fingerprint density at radius 1 is 1.10 bits per heavy atom. The molecule has 0 aliphatic carbocycles. The minimum atomic E-state index is 0.619. The van der Waals surface area contributed by atoms with Gasteiger partial charge in [0, 0.05) is 23.3 Å². The second-order valence-electron chi connectivity index (χ2n) is 5.40. The molecular weight excluding hydrogens is 328 g/mol. The van der Waals surface area contributed by atoms with E-state index in [-0.39, 0.29) is 0 Å². The lowest BCUT2D eigenvalue weighted by Gasteiger charge is -2.26. The molecule has 3 rings (SSSR count). The maximum absolute atomic E-state index is 5.81. The number of ether oxygens (including phenoxy) is 1. The summed E-state index contributed by atoms with van der Waals surface area (Å²) in [4.78, 5) is 6.75. The standard InChI is InChI=1S/C17H19BrN2O/c18-15-7-8-17(19-12-15)21-16-6-4-5-14(11-16)13-20-9-2-1-3-10-20/h4-8,11-12H,1-3,9-10,13H2. The Hall–Kier alpha value is -1.39. The molecule has 1 fully saturated rings. The highest BCUT2D eigenvalue weighted by molar-refractivity contribution is 9.10. The summed E-state index contributed by atoms with van der Waals surface area (Å²) in [6, 6.07) is 12.1. The molecule has 0 bridgehead atoms. The zero-order chi connectivity index (χ0) is 14.5. The van der Waals surface area contributed by atoms with Crippen LogP contribution in [0.3, 0.4) is 0 Å². The highest BCUT2D eigenvalue weighted by atomic mass is 79.9. The van der Waals surface area contributed by atoms with Gasteiger partial charge < -0.3 is 4.74 Å². The number of halogens is 1. The molecule has 2 aromatic rings. The zero-order valence-electron chi connectivity index (χ0n) is 12.0. The zero-order valence-corrected chi connectivity index (χ0v) is 13.6. The molecule has 110 valence electrons. The number of rotatable bonds is 4. The number of benzene rings is 1. The number of hydrogen-bond acceptors (Lipinski definition) is 3. The van der Waals surface area contributed by atoms with Crippen LogP contribution in [-0.2, 0) is 6.54 Å². The lowest BCUT2D eigenvalue weighted by atomic mass is 10.1. The van der Waals surface area contributed by atoms with Crippen molar-refractivity contribution >= 4 is 15.9 Å². The van der Waals surface area contributed by atoms with Crippen LogP contribution in [0, 0.1) is 0 Å². The monoisotopic (exact) mass is 346 g/mol. The van der Waals surface area contributed by atoms with Gasteiger partial charge in [-0.05, 0) is 65.6 Å². The highest BCUT2D eigenvalue weighted by Crippen LogP contribution is 2.23. The van der Waals surface area contributed by atoms with Gasteiger partial charge in [0.25, 0.3) is 0 Å². The maximum Gasteiger partial charge on any atom is 0.219 e. The number of pyridine rings is 1. The molecule has 0 spiro atoms. The van der Waals surface area contributed by atoms with Crippen molar-refractivity contribution in [2.24, 2.45) is 0 Å². The van der Waals surface area contributed by atoms with Crippen LogP contribution in [0.2, 0.25) is 0 Å². The third-order valence-corrected chi connectivity index (χ3v) is 4.15. The summed E-state index contributed by atoms with van der Waals surface area (Å²) in [5.41, 5.74) is 1.30. The van der Waals surface area contributed by atoms with Crippen molar-refractivity contribution in [2.75, 3.05) is 13.1 Å². The second-order valence-corrected chi connectivity index (χ2v) is 6.32. The molecule has 1 aliphatic heterocycles. The van der Waals surface area contributed by atoms with Gasteiger partial charge in [0.15, 0.2) is 0 Å². The normalized spacial score (nSPS) is 15.9. The summed E-state index contributed by atoms with van der Waals surface area (Å²) in [5.74, 6) is 1.47. The number of likely N-dealkylation sites (tertiary alicyclic amines) is 1. The molecule has 1 saturated heterocycles. The van der Waals surface area contributed by atoms with Gasteiger partial charge in [-0.15, -0.1) is 0 Å². The average Bonchev–Trinajstić information content (AvgIpc) is 2.51. The molecule has 1 aliphatic rings. The van der Waals surface area contributed by atoms with Gasteiger partial charge in [-0.1, -0.05) is 18.6 Å². The van der Waals surface area contributed by atoms with E-state index >= 15 is 0 Å². The lowest BCUT2D eigenvalue weighted by molar-refractivity contribution is 0.220. The SMILES string of the molecule is Brc1ccc(Oc2cccc(CN3CCCCC3)c2)nc1. The predicted molar refractivity (Wildman–Crippen MR) is 87.6 cm³/mol. The minimum Gasteiger partial charge on any atom is -0.439 e. The van der Waals surface area contributed by atoms with Gasteiger partial charge >= 0.3 is 0 Å². The summed E-state index contributed by atoms with van der Waals surface area (Å²) in [6.07, 6.45) is 5.75. The van der Waals surface area contributed by atoms with Crippen molar-refractivity contribution in [3.8, 4) is 11.6 Å². The number of hydrogen-bond donors (Lipinski definition) is 0. The largest absolute Gasteiger partial charge is 0.439 e. The molecule has 0 atom stereocenters. The Morgan fingerprint density at radius 2 is 1.95 bits per heavy atom. The van der Waals surface area contributed by atoms with Crippen molar-refractivity contribution in [2.45, 2.75) is 25.8 Å². The van der Waals surface area contributed by atoms with Crippen LogP contribution in [0.25, 0.3) is 0 Å². The highest BCUT2D eigenvalue weighted by Gasteiger charge is 2.10. The third-order valence-electron chi connectivity index (χ3n) is 3.68. The van der Waals surface area contributed by atoms with Crippen molar-refractivity contribution in [3.63, 3.8) is 0 Å². The summed E-state index contributed by atoms with van der Waals surface area (Å²) in [5, 5.41) is 0. The molecule has 0 amide bonds. The Bertz CT molecular complexity index is 580. The molecule has 2 heterocycles. The molecule has 4 heteroatoms. The molecule has 3 nitrogen and oxygen atoms in total. The molecular formula is C17H19BrN2O. The van der Waals surface area contributed by atoms with Gasteiger partial charge in [0.05, 0.1) is 0 Å². The summed E-state index contributed by atoms with van der Waals surface area (Å²) in [7, 11) is 0. The Balaban J connectivity index is 1.66. The van der Waals surface area contributed by atoms with Gasteiger partial charge in [-0.25, -0.2) is 4.98 Å². The quantitative estimate of drug-likeness (QED) is 0.807. The van der Waals surface area contributed by atoms with Gasteiger partial charge in [-0.3, -0.25) is 4.90 Å². The van der Waals surface area contributed by atoms with Crippen molar-refractivity contribution in [1.29, 1.82) is 0 Å². The maximum atomic E-state index is 5.81. The van der Waals surface area contributed by atoms with E-state index in [9.17, 15) is 0 Å². The number of aromatic nitrogens is 1. The van der Waals surface area contributed by atoms with E-state index in [1.165, 1.54) is 37.9 Å². The smallest absolute Gasteiger partial charge is 0.219 e. The molecule has 0 saturated carbocycles. The Morgan fingerprint density at radius 3 is 2.71 bits per heavy atom. The van der Waals surface area contributed by atoms with Crippen molar-refractivity contribution in [1.82, 2.24) is 9.88 Å². The van der Waals surface area contributed by atoms with E-state index in [1.54, 1.807) is 6.20 Å². The lowest BCUT2D eigenvalue weighted by Crippen LogP contribution is -2.29. The van der Waals surface area contributed by atoms with Crippen LogP contribution in [0.5, 0.6) is 11.6 Å². The van der Waals surface area contributed by atoms with Crippen LogP contribution in [0.15, 0.2) is 47.1 Å². The fourth-order valence-electron chi connectivity index (χ4n) is 2.63. The molecule has 1 aromatic carbocycles. The molecule has 0 N–H and O–H groups in total. The van der Waals surface area contributed by atoms with Gasteiger partial charge in [-0.2, -0.15) is 0 Å². The van der Waals surface area contributed by atoms with Crippen molar-refractivity contribution in [3.05, 3.63) is 52.6 Å². The fourth-order valence-corrected chi connectivity index (χ4v) is 2.86. The molecule has 21 heavy (non-hydrogen) atoms. The van der Waals surface area contributed by atoms with Crippen LogP contribution in [0.4, 0.5) is 0 Å². The van der Waals surface area contributed by atoms with E-state index in [0.29, 0.717) is 5.88 Å². The van der Waals surface area contributed by atoms with Crippen LogP contribution < -0.4 is 4.74 Å². The van der Waals surface area contributed by atoms with Gasteiger partial charge in [0.2, 0.25) is 5.88 Å². The minimum absolute atomic E-state index is 0.619. The first-order valence-electron chi connectivity index (χ1n) is 7.40. The first-order valence-corrected chi connectivity index (χ1v) is 8.19. The third kappa shape index (κ3) is 4.29. The van der Waals surface area contributed by atoms with Crippen molar-refractivity contribution < 1.29 is 4.74 Å². The first-order chi connectivity index (χ1) is 10.3. The second kappa shape index (κ2) is 7.05. The molecule has 1 aromatic heterocycles. The Labute approximate surface area is 134 Å². The topological polar surface area (TPSA) is 25.4 Å². The molecule has 0 radical (unpaired) electrons. The van der Waals surface area contributed by atoms with Crippen LogP contribution >= 0.6 is 15.9 Å². The summed E-state index contributed by atoms with van der Waals surface area (Å²) >= 11 is 3.37. The Kier molecular flexibility index (Phi) is 4.88. The molecule has 0 unspecified atom stereocenters. The fraction of sp³-hybridized carbons (Fsp3) is 0.353. The average molecular weight is 347 g/mol. The van der Waals surface area contributed by atoms with E-state index in [4.69, 9.17) is 4.74 Å².